The van der Waals surface area contributed by atoms with E-state index in [1.54, 1.807) is 11.1 Å². The van der Waals surface area contributed by atoms with Crippen LogP contribution in [0.5, 0.6) is 0 Å². The van der Waals surface area contributed by atoms with Gasteiger partial charge in [0.15, 0.2) is 0 Å². The van der Waals surface area contributed by atoms with Crippen molar-refractivity contribution < 1.29 is 0 Å². The Morgan fingerprint density at radius 1 is 1.00 bits per heavy atom. The zero-order valence-corrected chi connectivity index (χ0v) is 6.40. The van der Waals surface area contributed by atoms with Crippen LogP contribution in [0.25, 0.3) is 0 Å². The van der Waals surface area contributed by atoms with Gasteiger partial charge in [-0.15, -0.1) is 0 Å². The maximum atomic E-state index is 5.70. The van der Waals surface area contributed by atoms with Gasteiger partial charge in [-0.1, -0.05) is 11.1 Å². The summed E-state index contributed by atoms with van der Waals surface area (Å²) in [7, 11) is 0. The Morgan fingerprint density at radius 2 is 1.60 bits per heavy atom. The van der Waals surface area contributed by atoms with Gasteiger partial charge in [0.2, 0.25) is 0 Å². The lowest BCUT2D eigenvalue weighted by atomic mass is 9.83. The lowest BCUT2D eigenvalue weighted by Crippen LogP contribution is -2.30. The number of hydrogen-bond donors (Lipinski definition) is 1. The molecule has 1 nitrogen and oxygen atoms in total. The van der Waals surface area contributed by atoms with Crippen LogP contribution in [0.3, 0.4) is 0 Å². The van der Waals surface area contributed by atoms with E-state index in [9.17, 15) is 0 Å². The highest BCUT2D eigenvalue weighted by Gasteiger charge is 2.23. The second-order valence-electron chi connectivity index (χ2n) is 3.58. The Bertz CT molecular complexity index is 154. The van der Waals surface area contributed by atoms with Gasteiger partial charge in [0.25, 0.3) is 0 Å². The molecule has 0 aromatic heterocycles. The molecular formula is C9H15N. The van der Waals surface area contributed by atoms with Crippen LogP contribution in [0.4, 0.5) is 0 Å². The molecule has 0 amide bonds. The summed E-state index contributed by atoms with van der Waals surface area (Å²) >= 11 is 0. The van der Waals surface area contributed by atoms with Crippen molar-refractivity contribution in [2.75, 3.05) is 0 Å². The molecule has 0 aromatic carbocycles. The van der Waals surface area contributed by atoms with Gasteiger partial charge in [-0.05, 0) is 38.5 Å². The highest BCUT2D eigenvalue weighted by Crippen LogP contribution is 2.35. The van der Waals surface area contributed by atoms with Crippen LogP contribution in [0.1, 0.15) is 38.5 Å². The van der Waals surface area contributed by atoms with Gasteiger partial charge in [-0.2, -0.15) is 0 Å². The molecule has 0 unspecified atom stereocenters. The van der Waals surface area contributed by atoms with Crippen molar-refractivity contribution in [3.63, 3.8) is 0 Å². The number of nitrogens with two attached hydrogens (primary N) is 1. The van der Waals surface area contributed by atoms with Crippen LogP contribution in [0.15, 0.2) is 11.1 Å². The molecule has 0 aromatic rings. The fourth-order valence-corrected chi connectivity index (χ4v) is 2.02. The van der Waals surface area contributed by atoms with Crippen LogP contribution in [0.2, 0.25) is 0 Å². The number of rotatable bonds is 0. The SMILES string of the molecule is NC1CC(=C2CCCC2)C1. The molecule has 10 heavy (non-hydrogen) atoms. The fraction of sp³-hybridized carbons (Fsp3) is 0.778. The van der Waals surface area contributed by atoms with Gasteiger partial charge in [0.05, 0.1) is 0 Å². The first-order valence-electron chi connectivity index (χ1n) is 4.31. The summed E-state index contributed by atoms with van der Waals surface area (Å²) in [6, 6.07) is 0.503. The molecule has 2 aliphatic carbocycles. The van der Waals surface area contributed by atoms with Crippen LogP contribution in [-0.4, -0.2) is 6.04 Å². The Morgan fingerprint density at radius 3 is 2.10 bits per heavy atom. The molecular weight excluding hydrogens is 122 g/mol. The van der Waals surface area contributed by atoms with Gasteiger partial charge >= 0.3 is 0 Å². The van der Waals surface area contributed by atoms with E-state index < -0.39 is 0 Å². The van der Waals surface area contributed by atoms with Gasteiger partial charge in [-0.3, -0.25) is 0 Å². The van der Waals surface area contributed by atoms with E-state index in [2.05, 4.69) is 0 Å². The minimum absolute atomic E-state index is 0.503. The molecule has 0 bridgehead atoms. The van der Waals surface area contributed by atoms with Crippen molar-refractivity contribution in [3.05, 3.63) is 11.1 Å². The highest BCUT2D eigenvalue weighted by molar-refractivity contribution is 5.24. The first-order chi connectivity index (χ1) is 4.86. The van der Waals surface area contributed by atoms with Crippen molar-refractivity contribution in [1.82, 2.24) is 0 Å². The quantitative estimate of drug-likeness (QED) is 0.507. The topological polar surface area (TPSA) is 26.0 Å². The average Bonchev–Trinajstić information content (AvgIpc) is 2.31. The van der Waals surface area contributed by atoms with Gasteiger partial charge in [-0.25, -0.2) is 0 Å². The van der Waals surface area contributed by atoms with Crippen LogP contribution < -0.4 is 5.73 Å². The molecule has 0 radical (unpaired) electrons. The molecule has 2 rings (SSSR count). The fourth-order valence-electron chi connectivity index (χ4n) is 2.02. The third kappa shape index (κ3) is 0.988. The van der Waals surface area contributed by atoms with Gasteiger partial charge < -0.3 is 5.73 Å². The van der Waals surface area contributed by atoms with Crippen molar-refractivity contribution in [3.8, 4) is 0 Å². The van der Waals surface area contributed by atoms with E-state index in [0.717, 1.165) is 0 Å². The van der Waals surface area contributed by atoms with E-state index in [0.29, 0.717) is 6.04 Å². The van der Waals surface area contributed by atoms with E-state index in [1.165, 1.54) is 38.5 Å². The lowest BCUT2D eigenvalue weighted by molar-refractivity contribution is 0.531. The average molecular weight is 137 g/mol. The largest absolute Gasteiger partial charge is 0.327 e. The van der Waals surface area contributed by atoms with E-state index in [1.807, 2.05) is 0 Å². The van der Waals surface area contributed by atoms with Crippen LogP contribution >= 0.6 is 0 Å². The molecule has 2 saturated carbocycles. The maximum absolute atomic E-state index is 5.70. The number of allylic oxidation sites excluding steroid dienone is 1. The Balaban J connectivity index is 2.01. The second-order valence-corrected chi connectivity index (χ2v) is 3.58. The molecule has 0 atom stereocenters. The highest BCUT2D eigenvalue weighted by atomic mass is 14.7. The standard InChI is InChI=1S/C9H15N/c10-9-5-8(6-9)7-3-1-2-4-7/h9H,1-6,10H2. The molecule has 2 fully saturated rings. The predicted octanol–water partition coefficient (Wildman–Crippen LogP) is 1.98. The zero-order chi connectivity index (χ0) is 6.97. The van der Waals surface area contributed by atoms with E-state index in [4.69, 9.17) is 5.73 Å². The second kappa shape index (κ2) is 2.39. The molecule has 0 heterocycles. The molecule has 0 spiro atoms. The van der Waals surface area contributed by atoms with Crippen LogP contribution in [0, 0.1) is 0 Å². The summed E-state index contributed by atoms with van der Waals surface area (Å²) in [5, 5.41) is 0. The van der Waals surface area contributed by atoms with Crippen molar-refractivity contribution in [1.29, 1.82) is 0 Å². The number of hydrogen-bond acceptors (Lipinski definition) is 1. The monoisotopic (exact) mass is 137 g/mol. The Hall–Kier alpha value is -0.300. The van der Waals surface area contributed by atoms with Gasteiger partial charge in [0.1, 0.15) is 0 Å². The third-order valence-corrected chi connectivity index (χ3v) is 2.72. The van der Waals surface area contributed by atoms with Crippen molar-refractivity contribution in [2.45, 2.75) is 44.6 Å². The minimum atomic E-state index is 0.503. The normalized spacial score (nSPS) is 32.7. The third-order valence-electron chi connectivity index (χ3n) is 2.72. The maximum Gasteiger partial charge on any atom is 0.0114 e. The van der Waals surface area contributed by atoms with E-state index >= 15 is 0 Å². The Labute approximate surface area is 62.3 Å². The van der Waals surface area contributed by atoms with Crippen molar-refractivity contribution in [2.24, 2.45) is 5.73 Å². The lowest BCUT2D eigenvalue weighted by Gasteiger charge is -2.27. The summed E-state index contributed by atoms with van der Waals surface area (Å²) in [4.78, 5) is 0. The summed E-state index contributed by atoms with van der Waals surface area (Å²) in [5.41, 5.74) is 9.15. The molecule has 0 aliphatic heterocycles. The minimum Gasteiger partial charge on any atom is -0.327 e. The molecule has 2 N–H and O–H groups in total. The first kappa shape index (κ1) is 6.41. The molecule has 1 heteroatoms. The van der Waals surface area contributed by atoms with E-state index in [-0.39, 0.29) is 0 Å². The van der Waals surface area contributed by atoms with Gasteiger partial charge in [0, 0.05) is 6.04 Å². The Kier molecular flexibility index (Phi) is 1.53. The first-order valence-corrected chi connectivity index (χ1v) is 4.31. The van der Waals surface area contributed by atoms with Crippen LogP contribution in [-0.2, 0) is 0 Å². The molecule has 2 aliphatic rings. The summed E-state index contributed by atoms with van der Waals surface area (Å²) in [6.45, 7) is 0. The summed E-state index contributed by atoms with van der Waals surface area (Å²) in [5.74, 6) is 0. The summed E-state index contributed by atoms with van der Waals surface area (Å²) in [6.07, 6.45) is 8.01. The predicted molar refractivity (Wildman–Crippen MR) is 42.7 cm³/mol. The zero-order valence-electron chi connectivity index (χ0n) is 6.40. The molecule has 56 valence electrons. The molecule has 0 saturated heterocycles. The smallest absolute Gasteiger partial charge is 0.0114 e. The summed E-state index contributed by atoms with van der Waals surface area (Å²) < 4.78 is 0. The van der Waals surface area contributed by atoms with Crippen molar-refractivity contribution >= 4 is 0 Å².